The summed E-state index contributed by atoms with van der Waals surface area (Å²) in [7, 11) is -9.93. The van der Waals surface area contributed by atoms with Crippen molar-refractivity contribution in [3.05, 3.63) is 0 Å². The first kappa shape index (κ1) is 104. The Balaban J connectivity index is 5.27. The smallest absolute Gasteiger partial charge is 0.462 e. The van der Waals surface area contributed by atoms with Crippen molar-refractivity contribution in [3.63, 3.8) is 0 Å². The zero-order chi connectivity index (χ0) is 78.1. The maximum atomic E-state index is 13.2. The van der Waals surface area contributed by atoms with E-state index in [1.807, 2.05) is 0 Å². The maximum absolute atomic E-state index is 13.2. The first-order valence-corrected chi connectivity index (χ1v) is 47.8. The summed E-state index contributed by atoms with van der Waals surface area (Å²) < 4.78 is 69.0. The fourth-order valence-electron chi connectivity index (χ4n) is 13.4. The molecular formula is C87H170O17P2. The molecule has 5 unspecified atom stereocenters. The van der Waals surface area contributed by atoms with Crippen molar-refractivity contribution in [2.75, 3.05) is 39.6 Å². The number of phosphoric ester groups is 2. The van der Waals surface area contributed by atoms with Crippen LogP contribution in [0.15, 0.2) is 0 Å². The van der Waals surface area contributed by atoms with E-state index in [1.54, 1.807) is 0 Å². The maximum Gasteiger partial charge on any atom is 0.472 e. The van der Waals surface area contributed by atoms with Gasteiger partial charge in [0.2, 0.25) is 0 Å². The molecular weight excluding hydrogens is 1380 g/mol. The van der Waals surface area contributed by atoms with E-state index in [4.69, 9.17) is 37.0 Å². The Kier molecular flexibility index (Phi) is 74.3. The van der Waals surface area contributed by atoms with Crippen LogP contribution < -0.4 is 0 Å². The number of ether oxygens (including phenoxy) is 4. The molecule has 106 heavy (non-hydrogen) atoms. The van der Waals surface area contributed by atoms with Gasteiger partial charge in [0.1, 0.15) is 19.3 Å². The zero-order valence-corrected chi connectivity index (χ0v) is 71.9. The van der Waals surface area contributed by atoms with Gasteiger partial charge in [0.05, 0.1) is 26.4 Å². The number of rotatable bonds is 84. The van der Waals surface area contributed by atoms with Gasteiger partial charge < -0.3 is 33.8 Å². The number of carbonyl (C=O) groups is 4. The summed E-state index contributed by atoms with van der Waals surface area (Å²) in [4.78, 5) is 73.3. The molecule has 17 nitrogen and oxygen atoms in total. The van der Waals surface area contributed by atoms with Crippen molar-refractivity contribution in [1.82, 2.24) is 0 Å². The second-order valence-corrected chi connectivity index (χ2v) is 35.4. The van der Waals surface area contributed by atoms with E-state index < -0.39 is 97.5 Å². The Morgan fingerprint density at radius 2 is 0.453 bits per heavy atom. The van der Waals surface area contributed by atoms with Crippen LogP contribution in [0, 0.1) is 23.7 Å². The van der Waals surface area contributed by atoms with Crippen molar-refractivity contribution >= 4 is 39.5 Å². The van der Waals surface area contributed by atoms with E-state index in [-0.39, 0.29) is 25.7 Å². The highest BCUT2D eigenvalue weighted by atomic mass is 31.2. The van der Waals surface area contributed by atoms with E-state index in [0.29, 0.717) is 25.7 Å². The summed E-state index contributed by atoms with van der Waals surface area (Å²) in [6.07, 6.45) is 65.0. The molecule has 0 spiro atoms. The van der Waals surface area contributed by atoms with Gasteiger partial charge in [0, 0.05) is 25.7 Å². The lowest BCUT2D eigenvalue weighted by Crippen LogP contribution is -2.30. The van der Waals surface area contributed by atoms with Gasteiger partial charge in [0.15, 0.2) is 12.2 Å². The highest BCUT2D eigenvalue weighted by molar-refractivity contribution is 7.47. The van der Waals surface area contributed by atoms with Gasteiger partial charge in [-0.05, 0) is 49.4 Å². The van der Waals surface area contributed by atoms with E-state index in [2.05, 4.69) is 55.4 Å². The molecule has 19 heteroatoms. The molecule has 3 N–H and O–H groups in total. The first-order chi connectivity index (χ1) is 51.2. The normalized spacial score (nSPS) is 14.7. The van der Waals surface area contributed by atoms with Crippen LogP contribution >= 0.6 is 15.6 Å². The van der Waals surface area contributed by atoms with Crippen LogP contribution in [0.25, 0.3) is 0 Å². The summed E-state index contributed by atoms with van der Waals surface area (Å²) in [5.41, 5.74) is 0. The topological polar surface area (TPSA) is 237 Å². The van der Waals surface area contributed by atoms with Crippen LogP contribution in [0.2, 0.25) is 0 Å². The van der Waals surface area contributed by atoms with Crippen LogP contribution in [-0.4, -0.2) is 96.7 Å². The SMILES string of the molecule is CCC(C)CCCCCCCCCCCCCCCCC(=O)OC[C@H](COP(=O)(O)OC[C@@H](O)COP(=O)(O)OC[C@@H](COC(=O)CCCCCCCCCCC(C)CC)OC(=O)CCCCCCCCCCCCCCCCC(C)CC)OC(=O)CCCCCCCCCCCCCCCCCC(C)C. The Hall–Kier alpha value is -1.94. The summed E-state index contributed by atoms with van der Waals surface area (Å²) >= 11 is 0. The third-order valence-electron chi connectivity index (χ3n) is 21.4. The third-order valence-corrected chi connectivity index (χ3v) is 23.3. The van der Waals surface area contributed by atoms with Gasteiger partial charge in [0.25, 0.3) is 0 Å². The minimum atomic E-state index is -4.97. The fourth-order valence-corrected chi connectivity index (χ4v) is 15.0. The van der Waals surface area contributed by atoms with Crippen LogP contribution in [0.3, 0.4) is 0 Å². The van der Waals surface area contributed by atoms with E-state index >= 15 is 0 Å². The molecule has 8 atom stereocenters. The quantitative estimate of drug-likeness (QED) is 0.0222. The second kappa shape index (κ2) is 75.7. The number of phosphoric acid groups is 2. The van der Waals surface area contributed by atoms with Crippen molar-refractivity contribution in [2.24, 2.45) is 23.7 Å². The standard InChI is InChI=1S/C87H170O17P2/c1-9-78(6)64-56-48-40-32-26-20-15-17-22-28-34-43-51-59-67-84(89)97-73-82(103-86(91)69-61-53-45-35-29-23-14-12-13-19-25-31-39-47-55-63-77(4)5)75-101-105(93,94)99-71-81(88)72-100-106(95,96)102-76-83(74-98-85(90)68-60-52-44-38-37-42-50-58-66-80(8)11-3)104-87(92)70-62-54-46-36-30-24-18-16-21-27-33-41-49-57-65-79(7)10-2/h77-83,88H,9-76H2,1-8H3,(H,93,94)(H,95,96)/t78?,79?,80?,81-,82-,83-/m1/s1. The molecule has 0 amide bonds. The molecule has 0 fully saturated rings. The largest absolute Gasteiger partial charge is 0.472 e. The van der Waals surface area contributed by atoms with Gasteiger partial charge in [-0.15, -0.1) is 0 Å². The Morgan fingerprint density at radius 3 is 0.670 bits per heavy atom. The molecule has 0 heterocycles. The number of esters is 4. The van der Waals surface area contributed by atoms with E-state index in [9.17, 15) is 43.2 Å². The van der Waals surface area contributed by atoms with Gasteiger partial charge >= 0.3 is 39.5 Å². The third kappa shape index (κ3) is 76.1. The Bertz CT molecular complexity index is 2060. The second-order valence-electron chi connectivity index (χ2n) is 32.5. The zero-order valence-electron chi connectivity index (χ0n) is 70.1. The lowest BCUT2D eigenvalue weighted by molar-refractivity contribution is -0.161. The molecule has 0 aromatic carbocycles. The highest BCUT2D eigenvalue weighted by Gasteiger charge is 2.31. The number of hydrogen-bond donors (Lipinski definition) is 3. The summed E-state index contributed by atoms with van der Waals surface area (Å²) in [5, 5.41) is 10.7. The average Bonchev–Trinajstić information content (AvgIpc) is 0.895. The molecule has 0 aliphatic heterocycles. The summed E-state index contributed by atoms with van der Waals surface area (Å²) in [6.45, 7) is 14.4. The monoisotopic (exact) mass is 1550 g/mol. The summed E-state index contributed by atoms with van der Waals surface area (Å²) in [5.74, 6) is 1.17. The molecule has 0 saturated heterocycles. The molecule has 0 rings (SSSR count). The average molecular weight is 1550 g/mol. The highest BCUT2D eigenvalue weighted by Crippen LogP contribution is 2.45. The number of unbranched alkanes of at least 4 members (excludes halogenated alkanes) is 47. The van der Waals surface area contributed by atoms with Gasteiger partial charge in [-0.2, -0.15) is 0 Å². The molecule has 0 aliphatic carbocycles. The number of hydrogen-bond acceptors (Lipinski definition) is 15. The van der Waals surface area contributed by atoms with Crippen molar-refractivity contribution in [3.8, 4) is 0 Å². The molecule has 0 aliphatic rings. The van der Waals surface area contributed by atoms with Gasteiger partial charge in [-0.1, -0.05) is 402 Å². The first-order valence-electron chi connectivity index (χ1n) is 44.8. The lowest BCUT2D eigenvalue weighted by Gasteiger charge is -2.21. The fraction of sp³-hybridized carbons (Fsp3) is 0.954. The van der Waals surface area contributed by atoms with Crippen LogP contribution in [0.4, 0.5) is 0 Å². The number of aliphatic hydroxyl groups excluding tert-OH is 1. The van der Waals surface area contributed by atoms with Crippen molar-refractivity contribution in [2.45, 2.75) is 472 Å². The molecule has 630 valence electrons. The van der Waals surface area contributed by atoms with Crippen molar-refractivity contribution in [1.29, 1.82) is 0 Å². The Morgan fingerprint density at radius 1 is 0.264 bits per heavy atom. The molecule has 0 aromatic heterocycles. The minimum absolute atomic E-state index is 0.107. The predicted molar refractivity (Wildman–Crippen MR) is 437 cm³/mol. The predicted octanol–water partition coefficient (Wildman–Crippen LogP) is 26.3. The van der Waals surface area contributed by atoms with Crippen LogP contribution in [0.1, 0.15) is 453 Å². The van der Waals surface area contributed by atoms with Crippen LogP contribution in [-0.2, 0) is 65.4 Å². The van der Waals surface area contributed by atoms with E-state index in [1.165, 1.54) is 257 Å². The van der Waals surface area contributed by atoms with Crippen molar-refractivity contribution < 1.29 is 80.2 Å². The number of carbonyl (C=O) groups excluding carboxylic acids is 4. The minimum Gasteiger partial charge on any atom is -0.462 e. The Labute approximate surface area is 651 Å². The van der Waals surface area contributed by atoms with Crippen LogP contribution in [0.5, 0.6) is 0 Å². The molecule has 0 aromatic rings. The van der Waals surface area contributed by atoms with Gasteiger partial charge in [-0.3, -0.25) is 37.3 Å². The lowest BCUT2D eigenvalue weighted by atomic mass is 9.99. The molecule has 0 radical (unpaired) electrons. The van der Waals surface area contributed by atoms with Gasteiger partial charge in [-0.25, -0.2) is 9.13 Å². The van der Waals surface area contributed by atoms with E-state index in [0.717, 1.165) is 114 Å². The number of aliphatic hydroxyl groups is 1. The molecule has 0 saturated carbocycles. The molecule has 0 bridgehead atoms. The summed E-state index contributed by atoms with van der Waals surface area (Å²) in [6, 6.07) is 0.